The highest BCUT2D eigenvalue weighted by molar-refractivity contribution is 6.04. The second kappa shape index (κ2) is 12.8. The van der Waals surface area contributed by atoms with Gasteiger partial charge < -0.3 is 29.0 Å². The average Bonchev–Trinajstić information content (AvgIpc) is 2.83. The number of carbonyl (C=O) groups excluding carboxylic acids is 2. The number of carbonyl (C=O) groups is 2. The Kier molecular flexibility index (Phi) is 10.7. The summed E-state index contributed by atoms with van der Waals surface area (Å²) in [6.07, 6.45) is 1.98. The summed E-state index contributed by atoms with van der Waals surface area (Å²) in [5.41, 5.74) is -2.25. The molecule has 3 rings (SSSR count). The average molecular weight is 555 g/mol. The third kappa shape index (κ3) is 7.04. The summed E-state index contributed by atoms with van der Waals surface area (Å²) in [4.78, 5) is 31.7. The van der Waals surface area contributed by atoms with Crippen molar-refractivity contribution in [2.45, 2.75) is 116 Å². The molecule has 0 unspecified atom stereocenters. The molecule has 9 atom stereocenters. The topological polar surface area (TPSA) is 97.8 Å². The second-order valence-electron chi connectivity index (χ2n) is 13.5. The SMILES string of the molecule is CO[C@]1(C)C[C@@H](C)CN(C)[C@H](C2CCC2)COC(=O)C(C)(C)C(=O)[C@H](C)[C@H]1O[C@@H]1O[C@H](C)C[C@H](N(C)C)[C@H]1O. The molecule has 0 amide bonds. The van der Waals surface area contributed by atoms with E-state index >= 15 is 0 Å². The Morgan fingerprint density at radius 2 is 1.74 bits per heavy atom. The number of aliphatic hydroxyl groups excluding tert-OH is 1. The molecule has 1 aliphatic carbocycles. The fourth-order valence-corrected chi connectivity index (χ4v) is 6.89. The van der Waals surface area contributed by atoms with E-state index in [1.54, 1.807) is 27.9 Å². The fourth-order valence-electron chi connectivity index (χ4n) is 6.89. The van der Waals surface area contributed by atoms with Crippen LogP contribution in [-0.2, 0) is 28.5 Å². The highest BCUT2D eigenvalue weighted by atomic mass is 16.7. The minimum Gasteiger partial charge on any atom is -0.463 e. The van der Waals surface area contributed by atoms with Crippen molar-refractivity contribution in [3.8, 4) is 0 Å². The highest BCUT2D eigenvalue weighted by Crippen LogP contribution is 2.39. The third-order valence-electron chi connectivity index (χ3n) is 9.62. The van der Waals surface area contributed by atoms with E-state index in [9.17, 15) is 14.7 Å². The molecular weight excluding hydrogens is 500 g/mol. The number of aliphatic hydroxyl groups is 1. The zero-order valence-electron chi connectivity index (χ0n) is 25.9. The number of esters is 1. The first-order valence-electron chi connectivity index (χ1n) is 14.7. The first kappa shape index (κ1) is 32.4. The summed E-state index contributed by atoms with van der Waals surface area (Å²) in [6.45, 7) is 12.2. The van der Waals surface area contributed by atoms with Gasteiger partial charge in [-0.1, -0.05) is 20.3 Å². The molecule has 1 N–H and O–H groups in total. The largest absolute Gasteiger partial charge is 0.463 e. The maximum atomic E-state index is 14.0. The van der Waals surface area contributed by atoms with Crippen LogP contribution in [0.1, 0.15) is 73.6 Å². The lowest BCUT2D eigenvalue weighted by Gasteiger charge is -2.47. The van der Waals surface area contributed by atoms with Gasteiger partial charge in [0.2, 0.25) is 0 Å². The summed E-state index contributed by atoms with van der Waals surface area (Å²) in [6, 6.07) is -0.0407. The molecule has 0 aromatic heterocycles. The van der Waals surface area contributed by atoms with E-state index in [-0.39, 0.29) is 36.5 Å². The van der Waals surface area contributed by atoms with Crippen LogP contribution in [0.2, 0.25) is 0 Å². The molecular formula is C30H54N2O7. The lowest BCUT2D eigenvalue weighted by atomic mass is 9.74. The first-order valence-corrected chi connectivity index (χ1v) is 14.7. The van der Waals surface area contributed by atoms with Crippen LogP contribution in [0.4, 0.5) is 0 Å². The van der Waals surface area contributed by atoms with Gasteiger partial charge in [-0.15, -0.1) is 0 Å². The molecule has 0 radical (unpaired) electrons. The Hall–Kier alpha value is -1.10. The van der Waals surface area contributed by atoms with Crippen LogP contribution >= 0.6 is 0 Å². The molecule has 9 heteroatoms. The number of methoxy groups -OCH3 is 1. The normalized spacial score (nSPS) is 41.7. The van der Waals surface area contributed by atoms with Crippen molar-refractivity contribution < 1.29 is 33.6 Å². The van der Waals surface area contributed by atoms with Crippen molar-refractivity contribution in [1.29, 1.82) is 0 Å². The van der Waals surface area contributed by atoms with Crippen LogP contribution in [0.3, 0.4) is 0 Å². The Bertz CT molecular complexity index is 847. The van der Waals surface area contributed by atoms with E-state index in [4.69, 9.17) is 18.9 Å². The van der Waals surface area contributed by atoms with E-state index in [2.05, 4.69) is 18.9 Å². The number of ketones is 1. The number of cyclic esters (lactones) is 1. The maximum Gasteiger partial charge on any atom is 0.319 e. The predicted molar refractivity (Wildman–Crippen MR) is 149 cm³/mol. The van der Waals surface area contributed by atoms with Crippen molar-refractivity contribution in [2.24, 2.45) is 23.2 Å². The zero-order chi connectivity index (χ0) is 29.3. The third-order valence-corrected chi connectivity index (χ3v) is 9.62. The Labute approximate surface area is 235 Å². The highest BCUT2D eigenvalue weighted by Gasteiger charge is 2.51. The number of Topliss-reactive ketones (excluding diaryl/α,β-unsaturated/α-hetero) is 1. The number of ether oxygens (including phenoxy) is 4. The lowest BCUT2D eigenvalue weighted by molar-refractivity contribution is -0.295. The van der Waals surface area contributed by atoms with Gasteiger partial charge in [0.1, 0.15) is 18.1 Å². The summed E-state index contributed by atoms with van der Waals surface area (Å²) >= 11 is 0. The minimum atomic E-state index is -1.37. The fraction of sp³-hybridized carbons (Fsp3) is 0.933. The quantitative estimate of drug-likeness (QED) is 0.406. The van der Waals surface area contributed by atoms with Gasteiger partial charge in [-0.05, 0) is 86.4 Å². The van der Waals surface area contributed by atoms with Gasteiger partial charge in [-0.25, -0.2) is 0 Å². The van der Waals surface area contributed by atoms with E-state index in [1.165, 1.54) is 6.42 Å². The molecule has 2 saturated heterocycles. The molecule has 0 bridgehead atoms. The van der Waals surface area contributed by atoms with Crippen LogP contribution in [0.15, 0.2) is 0 Å². The van der Waals surface area contributed by atoms with Gasteiger partial charge in [-0.2, -0.15) is 0 Å². The summed E-state index contributed by atoms with van der Waals surface area (Å²) in [7, 11) is 7.59. The number of hydrogen-bond acceptors (Lipinski definition) is 9. The second-order valence-corrected chi connectivity index (χ2v) is 13.5. The molecule has 2 heterocycles. The van der Waals surface area contributed by atoms with E-state index in [0.717, 1.165) is 19.4 Å². The summed E-state index contributed by atoms with van der Waals surface area (Å²) < 4.78 is 24.7. The molecule has 226 valence electrons. The Balaban J connectivity index is 1.99. The van der Waals surface area contributed by atoms with Crippen LogP contribution in [0, 0.1) is 23.2 Å². The molecule has 0 aromatic carbocycles. The standard InChI is InChI=1S/C30H54N2O7/c1-18-15-30(6,36-10)26(39-27-24(33)22(31(7)8)14-19(2)38-27)20(3)25(34)29(4,5)28(35)37-17-23(32(9)16-18)21-12-11-13-21/h18-24,26-27,33H,11-17H2,1-10H3/t18-,19-,20+,22+,23+,24-,26-,27+,30-/m1/s1. The molecule has 0 spiro atoms. The Morgan fingerprint density at radius 1 is 1.10 bits per heavy atom. The minimum absolute atomic E-state index is 0.116. The number of nitrogens with zero attached hydrogens (tertiary/aromatic N) is 2. The van der Waals surface area contributed by atoms with Crippen LogP contribution in [0.5, 0.6) is 0 Å². The zero-order valence-corrected chi connectivity index (χ0v) is 25.9. The molecule has 2 aliphatic heterocycles. The molecule has 1 saturated carbocycles. The van der Waals surface area contributed by atoms with Crippen LogP contribution < -0.4 is 0 Å². The van der Waals surface area contributed by atoms with E-state index in [1.807, 2.05) is 32.8 Å². The summed E-state index contributed by atoms with van der Waals surface area (Å²) in [5, 5.41) is 11.2. The van der Waals surface area contributed by atoms with Crippen molar-refractivity contribution in [1.82, 2.24) is 9.80 Å². The number of rotatable bonds is 5. The predicted octanol–water partition coefficient (Wildman–Crippen LogP) is 3.12. The van der Waals surface area contributed by atoms with E-state index < -0.39 is 41.4 Å². The first-order chi connectivity index (χ1) is 18.1. The van der Waals surface area contributed by atoms with Gasteiger partial charge in [0.15, 0.2) is 12.1 Å². The molecule has 39 heavy (non-hydrogen) atoms. The smallest absolute Gasteiger partial charge is 0.319 e. The van der Waals surface area contributed by atoms with Gasteiger partial charge >= 0.3 is 5.97 Å². The summed E-state index contributed by atoms with van der Waals surface area (Å²) in [5.74, 6) is -0.831. The van der Waals surface area contributed by atoms with Crippen molar-refractivity contribution in [2.75, 3.05) is 41.4 Å². The molecule has 3 aliphatic rings. The molecule has 3 fully saturated rings. The molecule has 0 aromatic rings. The van der Waals surface area contributed by atoms with Gasteiger partial charge in [-0.3, -0.25) is 14.5 Å². The lowest BCUT2D eigenvalue weighted by Crippen LogP contribution is -2.59. The van der Waals surface area contributed by atoms with Crippen LogP contribution in [-0.4, -0.2) is 110 Å². The van der Waals surface area contributed by atoms with E-state index in [0.29, 0.717) is 18.8 Å². The monoisotopic (exact) mass is 554 g/mol. The number of likely N-dealkylation sites (N-methyl/N-ethyl adjacent to an activating group) is 2. The van der Waals surface area contributed by atoms with Gasteiger partial charge in [0.05, 0.1) is 17.8 Å². The molecule has 9 nitrogen and oxygen atoms in total. The van der Waals surface area contributed by atoms with Crippen LogP contribution in [0.25, 0.3) is 0 Å². The Morgan fingerprint density at radius 3 is 2.28 bits per heavy atom. The van der Waals surface area contributed by atoms with Crippen molar-refractivity contribution in [3.05, 3.63) is 0 Å². The van der Waals surface area contributed by atoms with Gasteiger partial charge in [0.25, 0.3) is 0 Å². The van der Waals surface area contributed by atoms with Gasteiger partial charge in [0, 0.05) is 31.7 Å². The van der Waals surface area contributed by atoms with Crippen molar-refractivity contribution in [3.63, 3.8) is 0 Å². The maximum absolute atomic E-state index is 14.0. The number of hydrogen-bond donors (Lipinski definition) is 1. The van der Waals surface area contributed by atoms with Crippen molar-refractivity contribution >= 4 is 11.8 Å².